The van der Waals surface area contributed by atoms with E-state index in [2.05, 4.69) is 0 Å². The monoisotopic (exact) mass is 203 g/mol. The summed E-state index contributed by atoms with van der Waals surface area (Å²) in [6.07, 6.45) is 0. The highest BCUT2D eigenvalue weighted by Crippen LogP contribution is 2.12. The molecule has 0 amide bonds. The summed E-state index contributed by atoms with van der Waals surface area (Å²) in [7, 11) is 0. The highest BCUT2D eigenvalue weighted by molar-refractivity contribution is 5.73. The van der Waals surface area contributed by atoms with Crippen molar-refractivity contribution in [2.75, 3.05) is 33.0 Å². The van der Waals surface area contributed by atoms with Gasteiger partial charge in [0.25, 0.3) is 0 Å². The molecule has 0 spiro atoms. The summed E-state index contributed by atoms with van der Waals surface area (Å²) in [5.41, 5.74) is 5.65. The molecular formula is C9H17NO4. The average molecular weight is 203 g/mol. The van der Waals surface area contributed by atoms with Gasteiger partial charge in [0, 0.05) is 12.6 Å². The van der Waals surface area contributed by atoms with Crippen LogP contribution in [0.15, 0.2) is 0 Å². The molecule has 0 aromatic heterocycles. The van der Waals surface area contributed by atoms with Crippen LogP contribution >= 0.6 is 0 Å². The lowest BCUT2D eigenvalue weighted by molar-refractivity contribution is -0.150. The maximum absolute atomic E-state index is 11.4. The van der Waals surface area contributed by atoms with Gasteiger partial charge in [-0.05, 0) is 6.92 Å². The van der Waals surface area contributed by atoms with E-state index in [0.717, 1.165) is 0 Å². The lowest BCUT2D eigenvalue weighted by Gasteiger charge is -2.12. The molecule has 0 aromatic carbocycles. The first-order valence-corrected chi connectivity index (χ1v) is 4.83. The lowest BCUT2D eigenvalue weighted by Crippen LogP contribution is -2.35. The Bertz CT molecular complexity index is 186. The van der Waals surface area contributed by atoms with Gasteiger partial charge in [0.15, 0.2) is 0 Å². The number of hydrogen-bond donors (Lipinski definition) is 1. The summed E-state index contributed by atoms with van der Waals surface area (Å²) in [5.74, 6) is -0.591. The van der Waals surface area contributed by atoms with Gasteiger partial charge in [-0.3, -0.25) is 4.79 Å². The topological polar surface area (TPSA) is 70.8 Å². The molecule has 0 aliphatic carbocycles. The molecule has 1 rings (SSSR count). The van der Waals surface area contributed by atoms with E-state index in [1.807, 2.05) is 6.92 Å². The molecule has 1 heterocycles. The summed E-state index contributed by atoms with van der Waals surface area (Å²) in [4.78, 5) is 11.4. The third kappa shape index (κ3) is 3.25. The Morgan fingerprint density at radius 2 is 2.29 bits per heavy atom. The average Bonchev–Trinajstić information content (AvgIpc) is 2.59. The Morgan fingerprint density at radius 3 is 2.86 bits per heavy atom. The Balaban J connectivity index is 2.14. The van der Waals surface area contributed by atoms with Gasteiger partial charge in [-0.1, -0.05) is 0 Å². The SMILES string of the molecule is CCOCCOC(=O)C1COCC1N. The van der Waals surface area contributed by atoms with Crippen LogP contribution in [0.3, 0.4) is 0 Å². The molecule has 0 radical (unpaired) electrons. The van der Waals surface area contributed by atoms with Crippen molar-refractivity contribution in [3.63, 3.8) is 0 Å². The first kappa shape index (κ1) is 11.4. The molecule has 0 bridgehead atoms. The molecule has 5 heteroatoms. The van der Waals surface area contributed by atoms with Crippen molar-refractivity contribution in [3.05, 3.63) is 0 Å². The van der Waals surface area contributed by atoms with Gasteiger partial charge in [0.2, 0.25) is 0 Å². The number of carbonyl (C=O) groups excluding carboxylic acids is 1. The van der Waals surface area contributed by atoms with E-state index in [4.69, 9.17) is 19.9 Å². The number of nitrogens with two attached hydrogens (primary N) is 1. The van der Waals surface area contributed by atoms with E-state index in [-0.39, 0.29) is 24.5 Å². The highest BCUT2D eigenvalue weighted by atomic mass is 16.6. The van der Waals surface area contributed by atoms with Gasteiger partial charge >= 0.3 is 5.97 Å². The molecule has 0 saturated carbocycles. The van der Waals surface area contributed by atoms with Gasteiger partial charge in [0.05, 0.1) is 25.7 Å². The molecule has 14 heavy (non-hydrogen) atoms. The largest absolute Gasteiger partial charge is 0.463 e. The fraction of sp³-hybridized carbons (Fsp3) is 0.889. The zero-order valence-electron chi connectivity index (χ0n) is 8.40. The Kier molecular flexibility index (Phi) is 4.86. The molecule has 1 saturated heterocycles. The van der Waals surface area contributed by atoms with Crippen LogP contribution in [0.5, 0.6) is 0 Å². The van der Waals surface area contributed by atoms with E-state index >= 15 is 0 Å². The van der Waals surface area contributed by atoms with E-state index in [1.54, 1.807) is 0 Å². The minimum atomic E-state index is -0.309. The fourth-order valence-corrected chi connectivity index (χ4v) is 1.27. The zero-order valence-corrected chi connectivity index (χ0v) is 8.40. The van der Waals surface area contributed by atoms with Crippen LogP contribution in [0.1, 0.15) is 6.92 Å². The maximum Gasteiger partial charge on any atom is 0.313 e. The highest BCUT2D eigenvalue weighted by Gasteiger charge is 2.32. The van der Waals surface area contributed by atoms with Crippen molar-refractivity contribution in [1.29, 1.82) is 0 Å². The summed E-state index contributed by atoms with van der Waals surface area (Å²) in [5, 5.41) is 0. The fourth-order valence-electron chi connectivity index (χ4n) is 1.27. The first-order chi connectivity index (χ1) is 6.75. The van der Waals surface area contributed by atoms with Gasteiger partial charge < -0.3 is 19.9 Å². The van der Waals surface area contributed by atoms with E-state index in [9.17, 15) is 4.79 Å². The number of esters is 1. The number of hydrogen-bond acceptors (Lipinski definition) is 5. The molecule has 1 aliphatic rings. The van der Waals surface area contributed by atoms with Gasteiger partial charge in [-0.2, -0.15) is 0 Å². The number of carbonyl (C=O) groups is 1. The number of ether oxygens (including phenoxy) is 3. The molecule has 1 fully saturated rings. The molecule has 5 nitrogen and oxygen atoms in total. The second-order valence-electron chi connectivity index (χ2n) is 3.17. The predicted octanol–water partition coefficient (Wildman–Crippen LogP) is -0.460. The van der Waals surface area contributed by atoms with Gasteiger partial charge in [-0.25, -0.2) is 0 Å². The smallest absolute Gasteiger partial charge is 0.313 e. The van der Waals surface area contributed by atoms with Crippen molar-refractivity contribution < 1.29 is 19.0 Å². The van der Waals surface area contributed by atoms with Crippen molar-refractivity contribution in [2.45, 2.75) is 13.0 Å². The van der Waals surface area contributed by atoms with Crippen LogP contribution in [0.4, 0.5) is 0 Å². The molecule has 2 unspecified atom stereocenters. The van der Waals surface area contributed by atoms with E-state index in [1.165, 1.54) is 0 Å². The van der Waals surface area contributed by atoms with Crippen LogP contribution in [-0.4, -0.2) is 45.0 Å². The molecule has 1 aliphatic heterocycles. The summed E-state index contributed by atoms with van der Waals surface area (Å²) in [6.45, 7) is 4.05. The third-order valence-electron chi connectivity index (χ3n) is 2.10. The molecule has 2 atom stereocenters. The Hall–Kier alpha value is -0.650. The molecule has 2 N–H and O–H groups in total. The van der Waals surface area contributed by atoms with E-state index in [0.29, 0.717) is 26.4 Å². The van der Waals surface area contributed by atoms with Crippen LogP contribution in [0.2, 0.25) is 0 Å². The molecular weight excluding hydrogens is 186 g/mol. The van der Waals surface area contributed by atoms with Gasteiger partial charge in [-0.15, -0.1) is 0 Å². The first-order valence-electron chi connectivity index (χ1n) is 4.83. The number of rotatable bonds is 5. The predicted molar refractivity (Wildman–Crippen MR) is 49.7 cm³/mol. The maximum atomic E-state index is 11.4. The van der Waals surface area contributed by atoms with Crippen LogP contribution in [0.25, 0.3) is 0 Å². The molecule has 0 aromatic rings. The van der Waals surface area contributed by atoms with Crippen molar-refractivity contribution in [3.8, 4) is 0 Å². The minimum absolute atomic E-state index is 0.227. The third-order valence-corrected chi connectivity index (χ3v) is 2.10. The normalized spacial score (nSPS) is 26.4. The standard InChI is InChI=1S/C9H17NO4/c1-2-12-3-4-14-9(11)7-5-13-6-8(7)10/h7-8H,2-6,10H2,1H3. The second-order valence-corrected chi connectivity index (χ2v) is 3.17. The quantitative estimate of drug-likeness (QED) is 0.483. The zero-order chi connectivity index (χ0) is 10.4. The summed E-state index contributed by atoms with van der Waals surface area (Å²) >= 11 is 0. The van der Waals surface area contributed by atoms with Crippen molar-refractivity contribution in [1.82, 2.24) is 0 Å². The van der Waals surface area contributed by atoms with Crippen molar-refractivity contribution in [2.24, 2.45) is 11.7 Å². The van der Waals surface area contributed by atoms with Gasteiger partial charge in [0.1, 0.15) is 6.61 Å². The lowest BCUT2D eigenvalue weighted by atomic mass is 10.1. The molecule has 82 valence electrons. The summed E-state index contributed by atoms with van der Waals surface area (Å²) < 4.78 is 15.1. The van der Waals surface area contributed by atoms with Crippen LogP contribution in [-0.2, 0) is 19.0 Å². The van der Waals surface area contributed by atoms with Crippen molar-refractivity contribution >= 4 is 5.97 Å². The van der Waals surface area contributed by atoms with E-state index < -0.39 is 0 Å². The summed E-state index contributed by atoms with van der Waals surface area (Å²) in [6, 6.07) is -0.227. The van der Waals surface area contributed by atoms with Crippen LogP contribution < -0.4 is 5.73 Å². The Labute approximate surface area is 83.5 Å². The Morgan fingerprint density at radius 1 is 1.50 bits per heavy atom. The minimum Gasteiger partial charge on any atom is -0.463 e. The second kappa shape index (κ2) is 5.95. The van der Waals surface area contributed by atoms with Crippen LogP contribution in [0, 0.1) is 5.92 Å².